The van der Waals surface area contributed by atoms with Crippen molar-refractivity contribution >= 4 is 29.1 Å². The van der Waals surface area contributed by atoms with Gasteiger partial charge in [-0.2, -0.15) is 18.3 Å². The highest BCUT2D eigenvalue weighted by atomic mass is 19.4. The Morgan fingerprint density at radius 3 is 2.54 bits per heavy atom. The second kappa shape index (κ2) is 7.68. The molecule has 138 valence electrons. The molecule has 2 rings (SSSR count). The number of hydrogen-bond acceptors (Lipinski definition) is 4. The summed E-state index contributed by atoms with van der Waals surface area (Å²) in [6, 6.07) is 5.98. The lowest BCUT2D eigenvalue weighted by Crippen LogP contribution is -2.34. The number of anilines is 2. The number of amides is 3. The average molecular weight is 369 g/mol. The summed E-state index contributed by atoms with van der Waals surface area (Å²) in [6.07, 6.45) is -3.47. The van der Waals surface area contributed by atoms with E-state index in [1.807, 2.05) is 0 Å². The minimum absolute atomic E-state index is 0.0837. The maximum absolute atomic E-state index is 12.3. The summed E-state index contributed by atoms with van der Waals surface area (Å²) in [7, 11) is 0. The minimum Gasteiger partial charge on any atom is -0.342 e. The normalized spacial score (nSPS) is 10.9. The molecule has 8 nitrogen and oxygen atoms in total. The highest BCUT2D eigenvalue weighted by molar-refractivity contribution is 6.08. The molecule has 0 atom stereocenters. The van der Waals surface area contributed by atoms with Crippen molar-refractivity contribution in [2.75, 3.05) is 17.2 Å². The molecule has 0 bridgehead atoms. The summed E-state index contributed by atoms with van der Waals surface area (Å²) in [4.78, 5) is 35.1. The third-order valence-electron chi connectivity index (χ3n) is 3.01. The molecule has 1 aromatic carbocycles. The van der Waals surface area contributed by atoms with Crippen LogP contribution < -0.4 is 16.0 Å². The standard InChI is InChI=1S/C15H14F3N5O3/c1-8(24)21-10-4-2-3-9(5-10)13(25)22-11-6-20-23-12(11)14(26)19-7-15(16,17)18/h2-6H,7H2,1H3,(H,19,26)(H,20,23)(H,21,24)(H,22,25). The Kier molecular flexibility index (Phi) is 5.60. The number of nitrogens with zero attached hydrogens (tertiary/aromatic N) is 1. The molecule has 0 fully saturated rings. The fourth-order valence-corrected chi connectivity index (χ4v) is 1.96. The van der Waals surface area contributed by atoms with Gasteiger partial charge in [0.15, 0.2) is 0 Å². The number of H-pyrrole nitrogens is 1. The van der Waals surface area contributed by atoms with Crippen LogP contribution in [-0.2, 0) is 4.79 Å². The largest absolute Gasteiger partial charge is 0.405 e. The molecular formula is C15H14F3N5O3. The smallest absolute Gasteiger partial charge is 0.342 e. The van der Waals surface area contributed by atoms with Crippen molar-refractivity contribution in [2.24, 2.45) is 0 Å². The van der Waals surface area contributed by atoms with Crippen LogP contribution in [0.25, 0.3) is 0 Å². The lowest BCUT2D eigenvalue weighted by Gasteiger charge is -2.09. The molecule has 0 aliphatic heterocycles. The van der Waals surface area contributed by atoms with Gasteiger partial charge in [0.1, 0.15) is 12.2 Å². The number of aromatic amines is 1. The molecule has 0 radical (unpaired) electrons. The Balaban J connectivity index is 2.10. The Hall–Kier alpha value is -3.37. The van der Waals surface area contributed by atoms with Crippen molar-refractivity contribution in [2.45, 2.75) is 13.1 Å². The first-order valence-electron chi connectivity index (χ1n) is 7.23. The third kappa shape index (κ3) is 5.33. The molecular weight excluding hydrogens is 355 g/mol. The number of nitrogens with one attached hydrogen (secondary N) is 4. The van der Waals surface area contributed by atoms with Crippen LogP contribution in [0.4, 0.5) is 24.5 Å². The quantitative estimate of drug-likeness (QED) is 0.644. The van der Waals surface area contributed by atoms with Crippen molar-refractivity contribution in [1.82, 2.24) is 15.5 Å². The van der Waals surface area contributed by atoms with Crippen LogP contribution in [-0.4, -0.2) is 40.6 Å². The van der Waals surface area contributed by atoms with E-state index >= 15 is 0 Å². The van der Waals surface area contributed by atoms with E-state index in [-0.39, 0.29) is 22.9 Å². The summed E-state index contributed by atoms with van der Waals surface area (Å²) in [5.41, 5.74) is 0.153. The number of halogens is 3. The van der Waals surface area contributed by atoms with Gasteiger partial charge in [0, 0.05) is 18.2 Å². The maximum Gasteiger partial charge on any atom is 0.405 e. The van der Waals surface area contributed by atoms with Crippen LogP contribution >= 0.6 is 0 Å². The molecule has 0 saturated heterocycles. The maximum atomic E-state index is 12.3. The van der Waals surface area contributed by atoms with Crippen molar-refractivity contribution in [3.8, 4) is 0 Å². The summed E-state index contributed by atoms with van der Waals surface area (Å²) in [6.45, 7) is -0.207. The number of alkyl halides is 3. The first-order chi connectivity index (χ1) is 12.2. The van der Waals surface area contributed by atoms with Gasteiger partial charge in [0.05, 0.1) is 11.9 Å². The highest BCUT2D eigenvalue weighted by Gasteiger charge is 2.29. The van der Waals surface area contributed by atoms with Gasteiger partial charge in [-0.15, -0.1) is 0 Å². The predicted molar refractivity (Wildman–Crippen MR) is 85.7 cm³/mol. The number of carbonyl (C=O) groups is 3. The molecule has 1 aromatic heterocycles. The predicted octanol–water partition coefficient (Wildman–Crippen LogP) is 1.91. The van der Waals surface area contributed by atoms with Crippen LogP contribution in [0.2, 0.25) is 0 Å². The SMILES string of the molecule is CC(=O)Nc1cccc(C(=O)Nc2cn[nH]c2C(=O)NCC(F)(F)F)c1. The van der Waals surface area contributed by atoms with E-state index in [0.717, 1.165) is 6.20 Å². The first-order valence-corrected chi connectivity index (χ1v) is 7.23. The molecule has 11 heteroatoms. The number of rotatable bonds is 5. The van der Waals surface area contributed by atoms with Gasteiger partial charge >= 0.3 is 6.18 Å². The highest BCUT2D eigenvalue weighted by Crippen LogP contribution is 2.17. The van der Waals surface area contributed by atoms with Gasteiger partial charge in [-0.1, -0.05) is 6.07 Å². The fourth-order valence-electron chi connectivity index (χ4n) is 1.96. The molecule has 1 heterocycles. The van der Waals surface area contributed by atoms with Gasteiger partial charge in [0.2, 0.25) is 5.91 Å². The zero-order valence-corrected chi connectivity index (χ0v) is 13.4. The van der Waals surface area contributed by atoms with E-state index < -0.39 is 24.5 Å². The number of aromatic nitrogens is 2. The second-order valence-electron chi connectivity index (χ2n) is 5.17. The van der Waals surface area contributed by atoms with Crippen LogP contribution in [0, 0.1) is 0 Å². The first kappa shape index (κ1) is 19.0. The van der Waals surface area contributed by atoms with Crippen molar-refractivity contribution in [1.29, 1.82) is 0 Å². The molecule has 26 heavy (non-hydrogen) atoms. The second-order valence-corrected chi connectivity index (χ2v) is 5.17. The Bertz CT molecular complexity index is 832. The van der Waals surface area contributed by atoms with Gasteiger partial charge in [-0.05, 0) is 18.2 Å². The zero-order valence-electron chi connectivity index (χ0n) is 13.4. The van der Waals surface area contributed by atoms with Gasteiger partial charge in [0.25, 0.3) is 11.8 Å². The van der Waals surface area contributed by atoms with Crippen molar-refractivity contribution < 1.29 is 27.6 Å². The van der Waals surface area contributed by atoms with Gasteiger partial charge < -0.3 is 16.0 Å². The van der Waals surface area contributed by atoms with Crippen LogP contribution in [0.3, 0.4) is 0 Å². The Labute approximate surface area is 145 Å². The fraction of sp³-hybridized carbons (Fsp3) is 0.200. The zero-order chi connectivity index (χ0) is 19.3. The topological polar surface area (TPSA) is 116 Å². The Morgan fingerprint density at radius 1 is 1.15 bits per heavy atom. The molecule has 0 unspecified atom stereocenters. The van der Waals surface area contributed by atoms with E-state index in [1.165, 1.54) is 25.1 Å². The van der Waals surface area contributed by atoms with Crippen molar-refractivity contribution in [3.05, 3.63) is 41.7 Å². The van der Waals surface area contributed by atoms with Crippen molar-refractivity contribution in [3.63, 3.8) is 0 Å². The van der Waals surface area contributed by atoms with E-state index in [2.05, 4.69) is 20.8 Å². The van der Waals surface area contributed by atoms with Crippen LogP contribution in [0.15, 0.2) is 30.5 Å². The van der Waals surface area contributed by atoms with Gasteiger partial charge in [-0.25, -0.2) is 0 Å². The molecule has 0 aliphatic rings. The number of hydrogen-bond donors (Lipinski definition) is 4. The molecule has 0 aliphatic carbocycles. The van der Waals surface area contributed by atoms with E-state index in [9.17, 15) is 27.6 Å². The summed E-state index contributed by atoms with van der Waals surface area (Å²) in [5, 5.41) is 12.4. The van der Waals surface area contributed by atoms with E-state index in [0.29, 0.717) is 5.69 Å². The lowest BCUT2D eigenvalue weighted by molar-refractivity contribution is -0.123. The summed E-state index contributed by atoms with van der Waals surface area (Å²) < 4.78 is 36.5. The van der Waals surface area contributed by atoms with E-state index in [1.54, 1.807) is 11.4 Å². The Morgan fingerprint density at radius 2 is 1.88 bits per heavy atom. The molecule has 3 amide bonds. The molecule has 0 saturated carbocycles. The van der Waals surface area contributed by atoms with Gasteiger partial charge in [-0.3, -0.25) is 19.5 Å². The number of benzene rings is 1. The summed E-state index contributed by atoms with van der Waals surface area (Å²) in [5.74, 6) is -2.02. The van der Waals surface area contributed by atoms with Crippen LogP contribution in [0.5, 0.6) is 0 Å². The summed E-state index contributed by atoms with van der Waals surface area (Å²) >= 11 is 0. The molecule has 4 N–H and O–H groups in total. The monoisotopic (exact) mass is 369 g/mol. The molecule has 2 aromatic rings. The lowest BCUT2D eigenvalue weighted by atomic mass is 10.2. The number of carbonyl (C=O) groups excluding carboxylic acids is 3. The third-order valence-corrected chi connectivity index (χ3v) is 3.01. The molecule has 0 spiro atoms. The minimum atomic E-state index is -4.57. The average Bonchev–Trinajstić information content (AvgIpc) is 2.99. The van der Waals surface area contributed by atoms with E-state index in [4.69, 9.17) is 0 Å². The van der Waals surface area contributed by atoms with Crippen LogP contribution in [0.1, 0.15) is 27.8 Å².